The summed E-state index contributed by atoms with van der Waals surface area (Å²) in [5.41, 5.74) is 3.09. The Morgan fingerprint density at radius 3 is 2.43 bits per heavy atom. The molecule has 0 spiro atoms. The number of nitrogens with one attached hydrogen (secondary N) is 1. The van der Waals surface area contributed by atoms with Gasteiger partial charge in [0.15, 0.2) is 11.5 Å². The molecule has 0 aliphatic heterocycles. The maximum atomic E-state index is 12.8. The van der Waals surface area contributed by atoms with Crippen LogP contribution in [0.3, 0.4) is 0 Å². The third-order valence-electron chi connectivity index (χ3n) is 5.04. The Kier molecular flexibility index (Phi) is 8.63. The summed E-state index contributed by atoms with van der Waals surface area (Å²) in [6.45, 7) is 4.68. The van der Waals surface area contributed by atoms with Gasteiger partial charge in [-0.2, -0.15) is 5.26 Å². The van der Waals surface area contributed by atoms with Crippen molar-refractivity contribution in [2.45, 2.75) is 20.5 Å². The van der Waals surface area contributed by atoms with E-state index in [2.05, 4.69) is 5.32 Å². The lowest BCUT2D eigenvalue weighted by Crippen LogP contribution is -2.16. The van der Waals surface area contributed by atoms with Crippen LogP contribution >= 0.6 is 0 Å². The van der Waals surface area contributed by atoms with E-state index >= 15 is 0 Å². The van der Waals surface area contributed by atoms with E-state index in [1.54, 1.807) is 36.4 Å². The molecule has 0 aliphatic rings. The van der Waals surface area contributed by atoms with Gasteiger partial charge in [0.25, 0.3) is 5.91 Å². The second kappa shape index (κ2) is 12.1. The van der Waals surface area contributed by atoms with E-state index in [0.29, 0.717) is 30.3 Å². The molecule has 0 aromatic heterocycles. The third kappa shape index (κ3) is 6.71. The number of carbonyl (C=O) groups excluding carboxylic acids is 2. The van der Waals surface area contributed by atoms with Crippen molar-refractivity contribution < 1.29 is 23.8 Å². The van der Waals surface area contributed by atoms with Crippen LogP contribution in [0.2, 0.25) is 0 Å². The zero-order valence-corrected chi connectivity index (χ0v) is 19.8. The van der Waals surface area contributed by atoms with Crippen molar-refractivity contribution >= 4 is 23.6 Å². The first-order valence-electron chi connectivity index (χ1n) is 11.0. The predicted molar refractivity (Wildman–Crippen MR) is 133 cm³/mol. The van der Waals surface area contributed by atoms with Crippen molar-refractivity contribution in [3.8, 4) is 17.6 Å². The van der Waals surface area contributed by atoms with Gasteiger partial charge in [-0.15, -0.1) is 0 Å². The van der Waals surface area contributed by atoms with E-state index in [-0.39, 0.29) is 16.8 Å². The number of nitrogens with zero attached hydrogens (tertiary/aromatic N) is 1. The number of methoxy groups -OCH3 is 1. The molecule has 178 valence electrons. The molecule has 0 fully saturated rings. The number of aryl methyl sites for hydroxylation is 1. The maximum absolute atomic E-state index is 12.8. The average Bonchev–Trinajstić information content (AvgIpc) is 2.87. The predicted octanol–water partition coefficient (Wildman–Crippen LogP) is 5.31. The molecule has 3 aromatic rings. The van der Waals surface area contributed by atoms with E-state index in [1.807, 2.05) is 44.2 Å². The number of hydrogen-bond acceptors (Lipinski definition) is 6. The molecule has 0 atom stereocenters. The maximum Gasteiger partial charge on any atom is 0.339 e. The molecule has 0 heterocycles. The van der Waals surface area contributed by atoms with Crippen molar-refractivity contribution in [2.24, 2.45) is 0 Å². The van der Waals surface area contributed by atoms with Crippen LogP contribution in [0.25, 0.3) is 6.08 Å². The van der Waals surface area contributed by atoms with Gasteiger partial charge in [0.05, 0.1) is 25.0 Å². The zero-order chi connectivity index (χ0) is 25.2. The third-order valence-corrected chi connectivity index (χ3v) is 5.04. The van der Waals surface area contributed by atoms with E-state index in [1.165, 1.54) is 24.8 Å². The summed E-state index contributed by atoms with van der Waals surface area (Å²) in [5.74, 6) is -0.186. The second-order valence-corrected chi connectivity index (χ2v) is 7.57. The highest BCUT2D eigenvalue weighted by molar-refractivity contribution is 6.12. The Morgan fingerprint density at radius 2 is 1.74 bits per heavy atom. The summed E-state index contributed by atoms with van der Waals surface area (Å²) in [4.78, 5) is 24.7. The Hall–Kier alpha value is -4.57. The van der Waals surface area contributed by atoms with Crippen molar-refractivity contribution in [3.63, 3.8) is 0 Å². The van der Waals surface area contributed by atoms with Gasteiger partial charge in [0.2, 0.25) is 0 Å². The van der Waals surface area contributed by atoms with Crippen LogP contribution in [0.5, 0.6) is 11.5 Å². The van der Waals surface area contributed by atoms with Gasteiger partial charge in [-0.3, -0.25) is 4.79 Å². The van der Waals surface area contributed by atoms with Gasteiger partial charge >= 0.3 is 5.97 Å². The minimum absolute atomic E-state index is 0.138. The molecule has 0 unspecified atom stereocenters. The molecule has 35 heavy (non-hydrogen) atoms. The number of hydrogen-bond donors (Lipinski definition) is 1. The topological polar surface area (TPSA) is 97.7 Å². The number of ether oxygens (including phenoxy) is 3. The van der Waals surface area contributed by atoms with Crippen LogP contribution in [0, 0.1) is 18.3 Å². The average molecular weight is 471 g/mol. The summed E-state index contributed by atoms with van der Waals surface area (Å²) < 4.78 is 16.4. The first-order chi connectivity index (χ1) is 16.9. The van der Waals surface area contributed by atoms with Crippen LogP contribution in [0.4, 0.5) is 5.69 Å². The minimum Gasteiger partial charge on any atom is -0.490 e. The summed E-state index contributed by atoms with van der Waals surface area (Å²) in [6, 6.07) is 21.6. The molecule has 1 N–H and O–H groups in total. The van der Waals surface area contributed by atoms with E-state index in [4.69, 9.17) is 14.2 Å². The van der Waals surface area contributed by atoms with Gasteiger partial charge in [-0.1, -0.05) is 48.0 Å². The van der Waals surface area contributed by atoms with Gasteiger partial charge < -0.3 is 19.5 Å². The number of para-hydroxylation sites is 1. The van der Waals surface area contributed by atoms with Gasteiger partial charge in [-0.25, -0.2) is 4.79 Å². The van der Waals surface area contributed by atoms with Crippen LogP contribution in [0.15, 0.2) is 72.3 Å². The van der Waals surface area contributed by atoms with Crippen molar-refractivity contribution in [2.75, 3.05) is 19.0 Å². The van der Waals surface area contributed by atoms with Gasteiger partial charge in [0, 0.05) is 0 Å². The van der Waals surface area contributed by atoms with Gasteiger partial charge in [0.1, 0.15) is 18.2 Å². The number of rotatable bonds is 9. The highest BCUT2D eigenvalue weighted by atomic mass is 16.5. The SMILES string of the molecule is CCOc1cc(C=C(C#N)C(=O)Nc2ccccc2C(=O)OC)ccc1OCc1ccc(C)cc1. The molecule has 7 nitrogen and oxygen atoms in total. The highest BCUT2D eigenvalue weighted by Gasteiger charge is 2.16. The first-order valence-corrected chi connectivity index (χ1v) is 11.0. The summed E-state index contributed by atoms with van der Waals surface area (Å²) >= 11 is 0. The fourth-order valence-corrected chi connectivity index (χ4v) is 3.23. The standard InChI is InChI=1S/C28H26N2O5/c1-4-34-26-16-21(13-14-25(26)35-18-20-11-9-19(2)10-12-20)15-22(17-29)27(31)30-24-8-6-5-7-23(24)28(32)33-3/h5-16H,4,18H2,1-3H3,(H,30,31). The number of carbonyl (C=O) groups is 2. The monoisotopic (exact) mass is 470 g/mol. The Labute approximate surface area is 204 Å². The van der Waals surface area contributed by atoms with E-state index < -0.39 is 11.9 Å². The normalized spacial score (nSPS) is 10.7. The lowest BCUT2D eigenvalue weighted by Gasteiger charge is -2.13. The molecular weight excluding hydrogens is 444 g/mol. The molecule has 3 aromatic carbocycles. The highest BCUT2D eigenvalue weighted by Crippen LogP contribution is 2.30. The Balaban J connectivity index is 1.80. The Morgan fingerprint density at radius 1 is 1.00 bits per heavy atom. The smallest absolute Gasteiger partial charge is 0.339 e. The number of amides is 1. The molecular formula is C28H26N2O5. The zero-order valence-electron chi connectivity index (χ0n) is 19.8. The Bertz CT molecular complexity index is 1270. The second-order valence-electron chi connectivity index (χ2n) is 7.57. The van der Waals surface area contributed by atoms with E-state index in [0.717, 1.165) is 5.56 Å². The summed E-state index contributed by atoms with van der Waals surface area (Å²) in [6.07, 6.45) is 1.45. The van der Waals surface area contributed by atoms with Gasteiger partial charge in [-0.05, 0) is 55.3 Å². The molecule has 7 heteroatoms. The van der Waals surface area contributed by atoms with Crippen molar-refractivity contribution in [1.29, 1.82) is 5.26 Å². The van der Waals surface area contributed by atoms with Crippen molar-refractivity contribution in [1.82, 2.24) is 0 Å². The molecule has 0 bridgehead atoms. The van der Waals surface area contributed by atoms with Crippen LogP contribution in [-0.2, 0) is 16.1 Å². The van der Waals surface area contributed by atoms with Crippen molar-refractivity contribution in [3.05, 3.63) is 94.6 Å². The van der Waals surface area contributed by atoms with Crippen LogP contribution in [-0.4, -0.2) is 25.6 Å². The number of nitriles is 1. The van der Waals surface area contributed by atoms with Crippen LogP contribution < -0.4 is 14.8 Å². The molecule has 3 rings (SSSR count). The summed E-state index contributed by atoms with van der Waals surface area (Å²) in [7, 11) is 1.26. The molecule has 1 amide bonds. The first kappa shape index (κ1) is 25.1. The fraction of sp³-hybridized carbons (Fsp3) is 0.179. The molecule has 0 aliphatic carbocycles. The number of benzene rings is 3. The lowest BCUT2D eigenvalue weighted by molar-refractivity contribution is -0.112. The largest absolute Gasteiger partial charge is 0.490 e. The summed E-state index contributed by atoms with van der Waals surface area (Å²) in [5, 5.41) is 12.2. The van der Waals surface area contributed by atoms with E-state index in [9.17, 15) is 14.9 Å². The minimum atomic E-state index is -0.651. The fourth-order valence-electron chi connectivity index (χ4n) is 3.23. The molecule has 0 saturated heterocycles. The lowest BCUT2D eigenvalue weighted by atomic mass is 10.1. The van der Waals surface area contributed by atoms with Crippen LogP contribution in [0.1, 0.15) is 34.0 Å². The molecule has 0 saturated carbocycles. The quantitative estimate of drug-likeness (QED) is 0.259. The molecule has 0 radical (unpaired) electrons. The number of anilines is 1. The number of esters is 1.